The number of amides is 2. The van der Waals surface area contributed by atoms with Crippen LogP contribution >= 0.6 is 0 Å². The number of aliphatic hydroxyl groups is 4. The Balaban J connectivity index is 2.14. The van der Waals surface area contributed by atoms with E-state index in [1.54, 1.807) is 0 Å². The summed E-state index contributed by atoms with van der Waals surface area (Å²) in [6.07, 6.45) is -5.87. The summed E-state index contributed by atoms with van der Waals surface area (Å²) in [5.74, 6) is -6.90. The first-order valence-electron chi connectivity index (χ1n) is 5.85. The Morgan fingerprint density at radius 3 is 2.35 bits per heavy atom. The Labute approximate surface area is 112 Å². The van der Waals surface area contributed by atoms with Gasteiger partial charge in [0, 0.05) is 0 Å². The third-order valence-electron chi connectivity index (χ3n) is 3.67. The molecule has 7 atom stereocenters. The summed E-state index contributed by atoms with van der Waals surface area (Å²) in [5.41, 5.74) is 9.99. The number of nitrogens with two attached hydrogens (primary N) is 2. The fourth-order valence-corrected chi connectivity index (χ4v) is 2.65. The fraction of sp³-hybridized carbons (Fsp3) is 0.800. The molecule has 0 radical (unpaired) electrons. The maximum atomic E-state index is 11.2. The largest absolute Gasteiger partial charge is 0.393 e. The van der Waals surface area contributed by atoms with Crippen LogP contribution in [0.1, 0.15) is 0 Å². The smallest absolute Gasteiger partial charge is 0.249 e. The molecule has 2 fully saturated rings. The van der Waals surface area contributed by atoms with Gasteiger partial charge in [-0.3, -0.25) is 9.59 Å². The topological polar surface area (TPSA) is 186 Å². The van der Waals surface area contributed by atoms with Gasteiger partial charge in [0.1, 0.15) is 5.92 Å². The molecule has 2 rings (SSSR count). The quantitative estimate of drug-likeness (QED) is 0.292. The minimum Gasteiger partial charge on any atom is -0.393 e. The van der Waals surface area contributed by atoms with Gasteiger partial charge < -0.3 is 41.4 Å². The van der Waals surface area contributed by atoms with E-state index in [1.165, 1.54) is 0 Å². The Kier molecular flexibility index (Phi) is 3.71. The van der Waals surface area contributed by atoms with Crippen molar-refractivity contribution >= 4 is 11.8 Å². The Morgan fingerprint density at radius 1 is 1.30 bits per heavy atom. The molecule has 1 aliphatic carbocycles. The monoisotopic (exact) mass is 292 g/mol. The molecule has 8 N–H and O–H groups in total. The lowest BCUT2D eigenvalue weighted by atomic mass is 9.88. The highest BCUT2D eigenvalue weighted by Crippen LogP contribution is 2.53. The SMILES string of the molecule is NC(=O)C(CO)O[C@H]1OC2(O)C1C(O)[C@H](O)C2C(N)=O. The van der Waals surface area contributed by atoms with Crippen molar-refractivity contribution in [3.63, 3.8) is 0 Å². The van der Waals surface area contributed by atoms with Crippen LogP contribution in [0.4, 0.5) is 0 Å². The molecular formula is C10H16N2O8. The zero-order valence-electron chi connectivity index (χ0n) is 10.2. The summed E-state index contributed by atoms with van der Waals surface area (Å²) in [7, 11) is 0. The minimum absolute atomic E-state index is 0.724. The van der Waals surface area contributed by atoms with Crippen LogP contribution in [-0.2, 0) is 19.1 Å². The molecule has 1 aliphatic heterocycles. The summed E-state index contributed by atoms with van der Waals surface area (Å²) in [5, 5.41) is 38.5. The summed E-state index contributed by atoms with van der Waals surface area (Å²) in [6, 6.07) is 0. The van der Waals surface area contributed by atoms with E-state index in [0.29, 0.717) is 0 Å². The fourth-order valence-electron chi connectivity index (χ4n) is 2.65. The van der Waals surface area contributed by atoms with E-state index in [2.05, 4.69) is 0 Å². The van der Waals surface area contributed by atoms with Gasteiger partial charge in [-0.25, -0.2) is 0 Å². The van der Waals surface area contributed by atoms with Crippen LogP contribution in [0.5, 0.6) is 0 Å². The van der Waals surface area contributed by atoms with E-state index in [4.69, 9.17) is 26.0 Å². The second kappa shape index (κ2) is 4.91. The number of fused-ring (bicyclic) bond motifs is 1. The van der Waals surface area contributed by atoms with Gasteiger partial charge in [0.15, 0.2) is 18.2 Å². The third-order valence-corrected chi connectivity index (χ3v) is 3.67. The van der Waals surface area contributed by atoms with Crippen molar-refractivity contribution in [1.82, 2.24) is 0 Å². The van der Waals surface area contributed by atoms with Gasteiger partial charge >= 0.3 is 0 Å². The Bertz CT molecular complexity index is 431. The molecule has 5 unspecified atom stereocenters. The molecule has 0 aromatic heterocycles. The molecule has 1 heterocycles. The average Bonchev–Trinajstić information content (AvgIpc) is 2.46. The van der Waals surface area contributed by atoms with Gasteiger partial charge in [-0.2, -0.15) is 0 Å². The molecule has 1 saturated carbocycles. The highest BCUT2D eigenvalue weighted by atomic mass is 16.8. The van der Waals surface area contributed by atoms with Crippen LogP contribution in [0.3, 0.4) is 0 Å². The second-order valence-electron chi connectivity index (χ2n) is 4.83. The van der Waals surface area contributed by atoms with Gasteiger partial charge in [0.2, 0.25) is 11.8 Å². The minimum atomic E-state index is -2.17. The molecule has 20 heavy (non-hydrogen) atoms. The van der Waals surface area contributed by atoms with Crippen molar-refractivity contribution in [2.24, 2.45) is 23.3 Å². The molecule has 0 aromatic rings. The third kappa shape index (κ3) is 1.97. The summed E-state index contributed by atoms with van der Waals surface area (Å²) in [6.45, 7) is -0.724. The van der Waals surface area contributed by atoms with Crippen molar-refractivity contribution in [2.45, 2.75) is 30.4 Å². The molecule has 10 heteroatoms. The lowest BCUT2D eigenvalue weighted by Gasteiger charge is -2.49. The zero-order chi connectivity index (χ0) is 15.2. The number of rotatable bonds is 5. The number of ether oxygens (including phenoxy) is 2. The zero-order valence-corrected chi connectivity index (χ0v) is 10.2. The van der Waals surface area contributed by atoms with E-state index in [9.17, 15) is 24.9 Å². The van der Waals surface area contributed by atoms with Gasteiger partial charge in [-0.1, -0.05) is 0 Å². The molecular weight excluding hydrogens is 276 g/mol. The molecule has 1 saturated heterocycles. The van der Waals surface area contributed by atoms with Crippen LogP contribution in [0, 0.1) is 11.8 Å². The highest BCUT2D eigenvalue weighted by Gasteiger charge is 2.73. The summed E-state index contributed by atoms with van der Waals surface area (Å²) < 4.78 is 9.93. The van der Waals surface area contributed by atoms with Gasteiger partial charge in [0.25, 0.3) is 0 Å². The van der Waals surface area contributed by atoms with E-state index in [0.717, 1.165) is 0 Å². The van der Waals surface area contributed by atoms with Crippen molar-refractivity contribution in [3.05, 3.63) is 0 Å². The maximum absolute atomic E-state index is 11.2. The second-order valence-corrected chi connectivity index (χ2v) is 4.83. The number of aliphatic hydroxyl groups excluding tert-OH is 3. The number of carbonyl (C=O) groups excluding carboxylic acids is 2. The maximum Gasteiger partial charge on any atom is 0.249 e. The molecule has 0 aromatic carbocycles. The van der Waals surface area contributed by atoms with Crippen LogP contribution in [0.25, 0.3) is 0 Å². The van der Waals surface area contributed by atoms with Crippen LogP contribution in [-0.4, -0.2) is 69.2 Å². The first kappa shape index (κ1) is 15.1. The average molecular weight is 292 g/mol. The lowest BCUT2D eigenvalue weighted by Crippen LogP contribution is -2.66. The number of carbonyl (C=O) groups is 2. The van der Waals surface area contributed by atoms with Crippen LogP contribution in [0.15, 0.2) is 0 Å². The first-order chi connectivity index (χ1) is 9.24. The van der Waals surface area contributed by atoms with Crippen molar-refractivity contribution in [1.29, 1.82) is 0 Å². The van der Waals surface area contributed by atoms with E-state index in [1.807, 2.05) is 0 Å². The molecule has 0 bridgehead atoms. The van der Waals surface area contributed by atoms with Gasteiger partial charge in [0.05, 0.1) is 24.7 Å². The first-order valence-corrected chi connectivity index (χ1v) is 5.85. The van der Waals surface area contributed by atoms with E-state index >= 15 is 0 Å². The standard InChI is InChI=1S/C10H16N2O8/c11-7(16)2(1-13)19-9-4-6(15)5(14)3(8(12)17)10(4,18)20-9/h2-6,9,13-15,18H,1H2,(H2,11,16)(H2,12,17)/t2?,3?,4?,5-,6?,9+,10?/m1/s1. The van der Waals surface area contributed by atoms with Gasteiger partial charge in [-0.15, -0.1) is 0 Å². The summed E-state index contributed by atoms with van der Waals surface area (Å²) in [4.78, 5) is 22.1. The van der Waals surface area contributed by atoms with Crippen LogP contribution < -0.4 is 11.5 Å². The predicted octanol–water partition coefficient (Wildman–Crippen LogP) is -4.65. The number of hydrogen-bond acceptors (Lipinski definition) is 8. The number of hydrogen-bond donors (Lipinski definition) is 6. The molecule has 114 valence electrons. The highest BCUT2D eigenvalue weighted by molar-refractivity contribution is 5.80. The lowest BCUT2D eigenvalue weighted by molar-refractivity contribution is -0.437. The normalized spacial score (nSPS) is 44.5. The summed E-state index contributed by atoms with van der Waals surface area (Å²) >= 11 is 0. The molecule has 2 aliphatic rings. The van der Waals surface area contributed by atoms with Crippen molar-refractivity contribution < 1.29 is 39.5 Å². The Hall–Kier alpha value is -1.30. The Morgan fingerprint density at radius 2 is 1.90 bits per heavy atom. The van der Waals surface area contributed by atoms with E-state index < -0.39 is 60.6 Å². The molecule has 2 amide bonds. The van der Waals surface area contributed by atoms with Crippen molar-refractivity contribution in [2.75, 3.05) is 6.61 Å². The predicted molar refractivity (Wildman–Crippen MR) is 59.2 cm³/mol. The van der Waals surface area contributed by atoms with Gasteiger partial charge in [-0.05, 0) is 0 Å². The van der Waals surface area contributed by atoms with E-state index in [-0.39, 0.29) is 0 Å². The van der Waals surface area contributed by atoms with Crippen molar-refractivity contribution in [3.8, 4) is 0 Å². The van der Waals surface area contributed by atoms with Crippen LogP contribution in [0.2, 0.25) is 0 Å². The number of primary amides is 2. The molecule has 0 spiro atoms. The molecule has 10 nitrogen and oxygen atoms in total.